The van der Waals surface area contributed by atoms with E-state index in [1.165, 1.54) is 12.1 Å². The van der Waals surface area contributed by atoms with E-state index < -0.39 is 15.6 Å². The Morgan fingerprint density at radius 2 is 1.79 bits per heavy atom. The molecule has 6 nitrogen and oxygen atoms in total. The van der Waals surface area contributed by atoms with Crippen molar-refractivity contribution in [2.45, 2.75) is 51.5 Å². The fraction of sp³-hybridized carbons (Fsp3) is 0.588. The van der Waals surface area contributed by atoms with Crippen LogP contribution in [0.15, 0.2) is 23.1 Å². The zero-order valence-corrected chi connectivity index (χ0v) is 16.0. The van der Waals surface area contributed by atoms with Gasteiger partial charge in [0.15, 0.2) is 0 Å². The molecule has 24 heavy (non-hydrogen) atoms. The molecule has 0 spiro atoms. The fourth-order valence-electron chi connectivity index (χ4n) is 2.14. The maximum absolute atomic E-state index is 12.4. The third-order valence-electron chi connectivity index (χ3n) is 3.22. The van der Waals surface area contributed by atoms with Crippen LogP contribution < -0.4 is 15.4 Å². The normalized spacial score (nSPS) is 12.2. The Bertz CT molecular complexity index is 664. The minimum Gasteiger partial charge on any atom is -0.351 e. The van der Waals surface area contributed by atoms with Crippen molar-refractivity contribution in [2.24, 2.45) is 0 Å². The molecule has 136 valence electrons. The molecule has 1 rings (SSSR count). The molecule has 7 heteroatoms. The van der Waals surface area contributed by atoms with Crippen molar-refractivity contribution in [1.82, 2.24) is 15.4 Å². The Morgan fingerprint density at radius 3 is 2.38 bits per heavy atom. The Balaban J connectivity index is 2.88. The topological polar surface area (TPSA) is 87.3 Å². The van der Waals surface area contributed by atoms with Gasteiger partial charge in [0.2, 0.25) is 10.0 Å². The summed E-state index contributed by atoms with van der Waals surface area (Å²) in [6.07, 6.45) is 1.04. The molecule has 0 fully saturated rings. The molecule has 0 aromatic heterocycles. The van der Waals surface area contributed by atoms with Crippen molar-refractivity contribution in [1.29, 1.82) is 0 Å². The first kappa shape index (κ1) is 20.6. The predicted octanol–water partition coefficient (Wildman–Crippen LogP) is 1.80. The third kappa shape index (κ3) is 6.59. The van der Waals surface area contributed by atoms with Crippen LogP contribution in [0.25, 0.3) is 0 Å². The summed E-state index contributed by atoms with van der Waals surface area (Å²) >= 11 is 0. The molecule has 0 aliphatic carbocycles. The van der Waals surface area contributed by atoms with E-state index in [2.05, 4.69) is 22.3 Å². The fourth-order valence-corrected chi connectivity index (χ4v) is 3.58. The second kappa shape index (κ2) is 8.60. The largest absolute Gasteiger partial charge is 0.351 e. The highest BCUT2D eigenvalue weighted by Crippen LogP contribution is 2.17. The van der Waals surface area contributed by atoms with Crippen LogP contribution in [0.2, 0.25) is 0 Å². The molecule has 0 aliphatic heterocycles. The van der Waals surface area contributed by atoms with Crippen LogP contribution in [-0.4, -0.2) is 39.5 Å². The molecular weight excluding hydrogens is 326 g/mol. The average molecular weight is 356 g/mol. The monoisotopic (exact) mass is 355 g/mol. The van der Waals surface area contributed by atoms with Crippen molar-refractivity contribution in [3.8, 4) is 0 Å². The summed E-state index contributed by atoms with van der Waals surface area (Å²) in [5.74, 6) is -0.265. The summed E-state index contributed by atoms with van der Waals surface area (Å²) in [7, 11) is -3.67. The summed E-state index contributed by atoms with van der Waals surface area (Å²) in [6.45, 7) is 11.3. The van der Waals surface area contributed by atoms with Crippen molar-refractivity contribution >= 4 is 15.9 Å². The lowest BCUT2D eigenvalue weighted by atomic mass is 10.1. The molecular formula is C17H29N3O3S. The summed E-state index contributed by atoms with van der Waals surface area (Å²) in [5, 5.41) is 6.01. The summed E-state index contributed by atoms with van der Waals surface area (Å²) in [4.78, 5) is 12.4. The molecule has 1 aromatic carbocycles. The number of hydrogen-bond donors (Lipinski definition) is 3. The number of carbonyl (C=O) groups is 1. The number of carbonyl (C=O) groups excluding carboxylic acids is 1. The number of rotatable bonds is 8. The average Bonchev–Trinajstić information content (AvgIpc) is 2.44. The SMILES string of the molecule is CCCNCCNC(=O)c1cc(S(=O)(=O)NC(C)(C)C)ccc1C. The smallest absolute Gasteiger partial charge is 0.251 e. The highest BCUT2D eigenvalue weighted by Gasteiger charge is 2.23. The molecule has 0 atom stereocenters. The molecule has 0 bridgehead atoms. The zero-order valence-electron chi connectivity index (χ0n) is 15.2. The second-order valence-corrected chi connectivity index (χ2v) is 8.52. The molecule has 1 aromatic rings. The van der Waals surface area contributed by atoms with Crippen LogP contribution in [0.4, 0.5) is 0 Å². The van der Waals surface area contributed by atoms with E-state index in [4.69, 9.17) is 0 Å². The van der Waals surface area contributed by atoms with Crippen LogP contribution in [0, 0.1) is 6.92 Å². The van der Waals surface area contributed by atoms with Gasteiger partial charge in [0, 0.05) is 24.2 Å². The van der Waals surface area contributed by atoms with Gasteiger partial charge < -0.3 is 10.6 Å². The Kier molecular flexibility index (Phi) is 7.38. The molecule has 0 heterocycles. The van der Waals surface area contributed by atoms with Crippen molar-refractivity contribution < 1.29 is 13.2 Å². The van der Waals surface area contributed by atoms with Gasteiger partial charge in [-0.25, -0.2) is 13.1 Å². The molecule has 0 unspecified atom stereocenters. The van der Waals surface area contributed by atoms with Crippen LogP contribution in [0.5, 0.6) is 0 Å². The van der Waals surface area contributed by atoms with Crippen molar-refractivity contribution in [2.75, 3.05) is 19.6 Å². The molecule has 1 amide bonds. The van der Waals surface area contributed by atoms with Crippen LogP contribution in [-0.2, 0) is 10.0 Å². The quantitative estimate of drug-likeness (QED) is 0.621. The van der Waals surface area contributed by atoms with E-state index in [1.807, 2.05) is 0 Å². The molecule has 0 saturated heterocycles. The lowest BCUT2D eigenvalue weighted by molar-refractivity contribution is 0.0953. The maximum atomic E-state index is 12.4. The predicted molar refractivity (Wildman–Crippen MR) is 96.7 cm³/mol. The van der Waals surface area contributed by atoms with Gasteiger partial charge in [-0.2, -0.15) is 0 Å². The van der Waals surface area contributed by atoms with Gasteiger partial charge in [0.25, 0.3) is 5.91 Å². The van der Waals surface area contributed by atoms with E-state index >= 15 is 0 Å². The standard InChI is InChI=1S/C17H29N3O3S/c1-6-9-18-10-11-19-16(21)15-12-14(8-7-13(15)2)24(22,23)20-17(3,4)5/h7-8,12,18,20H,6,9-11H2,1-5H3,(H,19,21). The second-order valence-electron chi connectivity index (χ2n) is 6.84. The summed E-state index contributed by atoms with van der Waals surface area (Å²) < 4.78 is 27.4. The highest BCUT2D eigenvalue weighted by atomic mass is 32.2. The lowest BCUT2D eigenvalue weighted by Gasteiger charge is -2.20. The molecule has 0 saturated carbocycles. The van der Waals surface area contributed by atoms with Crippen LogP contribution in [0.3, 0.4) is 0 Å². The van der Waals surface area contributed by atoms with Gasteiger partial charge in [-0.1, -0.05) is 13.0 Å². The van der Waals surface area contributed by atoms with E-state index in [1.54, 1.807) is 33.8 Å². The Hall–Kier alpha value is -1.44. The van der Waals surface area contributed by atoms with Crippen LogP contribution >= 0.6 is 0 Å². The zero-order chi connectivity index (χ0) is 18.4. The molecule has 0 radical (unpaired) electrons. The van der Waals surface area contributed by atoms with Gasteiger partial charge in [-0.15, -0.1) is 0 Å². The van der Waals surface area contributed by atoms with Crippen LogP contribution in [0.1, 0.15) is 50.0 Å². The first-order chi connectivity index (χ1) is 11.1. The van der Waals surface area contributed by atoms with Gasteiger partial charge in [-0.3, -0.25) is 4.79 Å². The van der Waals surface area contributed by atoms with E-state index in [9.17, 15) is 13.2 Å². The van der Waals surface area contributed by atoms with Crippen molar-refractivity contribution in [3.05, 3.63) is 29.3 Å². The van der Waals surface area contributed by atoms with Crippen molar-refractivity contribution in [3.63, 3.8) is 0 Å². The minimum atomic E-state index is -3.67. The van der Waals surface area contributed by atoms with E-state index in [-0.39, 0.29) is 10.8 Å². The maximum Gasteiger partial charge on any atom is 0.251 e. The van der Waals surface area contributed by atoms with Gasteiger partial charge in [-0.05, 0) is 58.4 Å². The van der Waals surface area contributed by atoms with Gasteiger partial charge >= 0.3 is 0 Å². The molecule has 3 N–H and O–H groups in total. The number of nitrogens with one attached hydrogen (secondary N) is 3. The number of hydrogen-bond acceptors (Lipinski definition) is 4. The Morgan fingerprint density at radius 1 is 1.12 bits per heavy atom. The minimum absolute atomic E-state index is 0.0947. The van der Waals surface area contributed by atoms with E-state index in [0.717, 1.165) is 18.5 Å². The van der Waals surface area contributed by atoms with E-state index in [0.29, 0.717) is 18.7 Å². The number of sulfonamides is 1. The number of benzene rings is 1. The summed E-state index contributed by atoms with van der Waals surface area (Å²) in [6, 6.07) is 4.60. The lowest BCUT2D eigenvalue weighted by Crippen LogP contribution is -2.40. The number of amides is 1. The first-order valence-electron chi connectivity index (χ1n) is 8.20. The summed E-state index contributed by atoms with van der Waals surface area (Å²) in [5.41, 5.74) is 0.530. The Labute approximate surface area is 145 Å². The van der Waals surface area contributed by atoms with Gasteiger partial charge in [0.05, 0.1) is 4.90 Å². The first-order valence-corrected chi connectivity index (χ1v) is 9.68. The third-order valence-corrected chi connectivity index (χ3v) is 4.97. The molecule has 0 aliphatic rings. The van der Waals surface area contributed by atoms with Gasteiger partial charge in [0.1, 0.15) is 0 Å². The number of aryl methyl sites for hydroxylation is 1. The highest BCUT2D eigenvalue weighted by molar-refractivity contribution is 7.89.